The van der Waals surface area contributed by atoms with Crippen LogP contribution in [0.3, 0.4) is 0 Å². The number of aromatic nitrogens is 1. The fourth-order valence-electron chi connectivity index (χ4n) is 2.03. The van der Waals surface area contributed by atoms with Crippen LogP contribution < -0.4 is 11.1 Å². The summed E-state index contributed by atoms with van der Waals surface area (Å²) in [6.45, 7) is 4.42. The van der Waals surface area contributed by atoms with Crippen LogP contribution >= 0.6 is 12.2 Å². The monoisotopic (exact) mass is 265 g/mol. The zero-order chi connectivity index (χ0) is 13.4. The molecule has 0 saturated heterocycles. The van der Waals surface area contributed by atoms with Gasteiger partial charge in [-0.25, -0.2) is 0 Å². The van der Waals surface area contributed by atoms with Gasteiger partial charge in [0.15, 0.2) is 0 Å². The molecule has 0 radical (unpaired) electrons. The summed E-state index contributed by atoms with van der Waals surface area (Å²) in [5, 5.41) is 3.53. The zero-order valence-corrected chi connectivity index (χ0v) is 12.1. The van der Waals surface area contributed by atoms with Crippen LogP contribution in [0.5, 0.6) is 0 Å². The second-order valence-corrected chi connectivity index (χ2v) is 5.00. The Hall–Kier alpha value is -1.16. The van der Waals surface area contributed by atoms with Crippen LogP contribution in [0.1, 0.15) is 51.5 Å². The number of hydrogen-bond acceptors (Lipinski definition) is 3. The van der Waals surface area contributed by atoms with Gasteiger partial charge in [-0.2, -0.15) is 0 Å². The third-order valence-corrected chi connectivity index (χ3v) is 3.21. The van der Waals surface area contributed by atoms with Gasteiger partial charge in [-0.05, 0) is 18.9 Å². The minimum absolute atomic E-state index is 0.422. The lowest BCUT2D eigenvalue weighted by molar-refractivity contribution is 0.564. The van der Waals surface area contributed by atoms with Crippen molar-refractivity contribution in [3.8, 4) is 0 Å². The smallest absolute Gasteiger partial charge is 0.106 e. The molecule has 100 valence electrons. The van der Waals surface area contributed by atoms with Crippen molar-refractivity contribution in [3.05, 3.63) is 24.0 Å². The lowest BCUT2D eigenvalue weighted by atomic mass is 10.0. The molecule has 0 aromatic carbocycles. The lowest BCUT2D eigenvalue weighted by Gasteiger charge is -2.20. The lowest BCUT2D eigenvalue weighted by Crippen LogP contribution is -2.22. The highest BCUT2D eigenvalue weighted by atomic mass is 32.1. The van der Waals surface area contributed by atoms with Crippen LogP contribution in [-0.2, 0) is 0 Å². The Morgan fingerprint density at radius 1 is 1.39 bits per heavy atom. The summed E-state index contributed by atoms with van der Waals surface area (Å²) < 4.78 is 0. The van der Waals surface area contributed by atoms with Gasteiger partial charge in [0.05, 0.1) is 11.9 Å². The van der Waals surface area contributed by atoms with Gasteiger partial charge in [-0.1, -0.05) is 45.3 Å². The van der Waals surface area contributed by atoms with Crippen molar-refractivity contribution >= 4 is 22.9 Å². The maximum atomic E-state index is 5.73. The number of unbranched alkanes of at least 4 members (excludes halogenated alkanes) is 1. The molecule has 1 heterocycles. The third kappa shape index (κ3) is 4.61. The Bertz CT molecular complexity index is 379. The number of nitrogens with two attached hydrogens (primary N) is 1. The van der Waals surface area contributed by atoms with Gasteiger partial charge in [0.2, 0.25) is 0 Å². The zero-order valence-electron chi connectivity index (χ0n) is 11.3. The summed E-state index contributed by atoms with van der Waals surface area (Å²) in [6, 6.07) is 2.35. The largest absolute Gasteiger partial charge is 0.389 e. The molecule has 0 fully saturated rings. The second kappa shape index (κ2) is 8.03. The predicted molar refractivity (Wildman–Crippen MR) is 82.0 cm³/mol. The standard InChI is InChI=1S/C14H23N3S/c1-3-5-7-11(6-4-2)17-13-10-16-9-8-12(13)14(15)18/h8-11,17H,3-7H2,1-2H3,(H2,15,18). The van der Waals surface area contributed by atoms with Crippen molar-refractivity contribution in [3.63, 3.8) is 0 Å². The molecule has 0 aliphatic heterocycles. The number of rotatable bonds is 8. The van der Waals surface area contributed by atoms with E-state index in [1.807, 2.05) is 12.3 Å². The first-order valence-electron chi connectivity index (χ1n) is 6.69. The summed E-state index contributed by atoms with van der Waals surface area (Å²) in [6.07, 6.45) is 9.49. The van der Waals surface area contributed by atoms with Crippen LogP contribution in [0.25, 0.3) is 0 Å². The van der Waals surface area contributed by atoms with Gasteiger partial charge in [0.1, 0.15) is 4.99 Å². The van der Waals surface area contributed by atoms with E-state index in [1.165, 1.54) is 25.7 Å². The molecule has 0 saturated carbocycles. The molecule has 0 amide bonds. The number of nitrogens with zero attached hydrogens (tertiary/aromatic N) is 1. The van der Waals surface area contributed by atoms with E-state index < -0.39 is 0 Å². The molecule has 1 rings (SSSR count). The Balaban J connectivity index is 2.76. The molecule has 3 nitrogen and oxygen atoms in total. The van der Waals surface area contributed by atoms with Gasteiger partial charge < -0.3 is 11.1 Å². The fraction of sp³-hybridized carbons (Fsp3) is 0.571. The Labute approximate surface area is 115 Å². The molecule has 4 heteroatoms. The number of hydrogen-bond donors (Lipinski definition) is 2. The molecule has 0 spiro atoms. The second-order valence-electron chi connectivity index (χ2n) is 4.56. The molecule has 1 atom stereocenters. The Morgan fingerprint density at radius 2 is 2.17 bits per heavy atom. The average Bonchev–Trinajstić information content (AvgIpc) is 2.36. The minimum Gasteiger partial charge on any atom is -0.389 e. The highest BCUT2D eigenvalue weighted by Crippen LogP contribution is 2.18. The molecular weight excluding hydrogens is 242 g/mol. The van der Waals surface area contributed by atoms with Crippen molar-refractivity contribution in [2.45, 2.75) is 52.0 Å². The number of anilines is 1. The van der Waals surface area contributed by atoms with Gasteiger partial charge in [0, 0.05) is 17.8 Å². The van der Waals surface area contributed by atoms with E-state index in [1.54, 1.807) is 6.20 Å². The third-order valence-electron chi connectivity index (χ3n) is 2.99. The van der Waals surface area contributed by atoms with E-state index in [0.29, 0.717) is 11.0 Å². The number of nitrogens with one attached hydrogen (secondary N) is 1. The van der Waals surface area contributed by atoms with E-state index in [0.717, 1.165) is 17.7 Å². The van der Waals surface area contributed by atoms with Crippen LogP contribution in [-0.4, -0.2) is 16.0 Å². The molecular formula is C14H23N3S. The van der Waals surface area contributed by atoms with E-state index in [-0.39, 0.29) is 0 Å². The SMILES string of the molecule is CCCCC(CCC)Nc1cnccc1C(N)=S. The van der Waals surface area contributed by atoms with Gasteiger partial charge in [-0.3, -0.25) is 4.98 Å². The normalized spacial score (nSPS) is 12.1. The Morgan fingerprint density at radius 3 is 2.78 bits per heavy atom. The maximum absolute atomic E-state index is 5.73. The molecule has 3 N–H and O–H groups in total. The molecule has 1 unspecified atom stereocenters. The molecule has 1 aromatic heterocycles. The molecule has 0 aliphatic carbocycles. The molecule has 1 aromatic rings. The maximum Gasteiger partial charge on any atom is 0.106 e. The first-order chi connectivity index (χ1) is 8.69. The highest BCUT2D eigenvalue weighted by molar-refractivity contribution is 7.80. The first kappa shape index (κ1) is 14.9. The summed E-state index contributed by atoms with van der Waals surface area (Å²) in [5.41, 5.74) is 7.57. The Kier molecular flexibility index (Phi) is 6.65. The highest BCUT2D eigenvalue weighted by Gasteiger charge is 2.11. The van der Waals surface area contributed by atoms with E-state index in [4.69, 9.17) is 18.0 Å². The molecule has 0 aliphatic rings. The van der Waals surface area contributed by atoms with Crippen LogP contribution in [0.15, 0.2) is 18.5 Å². The van der Waals surface area contributed by atoms with Gasteiger partial charge >= 0.3 is 0 Å². The van der Waals surface area contributed by atoms with E-state index >= 15 is 0 Å². The van der Waals surface area contributed by atoms with Gasteiger partial charge in [-0.15, -0.1) is 0 Å². The van der Waals surface area contributed by atoms with E-state index in [2.05, 4.69) is 24.1 Å². The fourth-order valence-corrected chi connectivity index (χ4v) is 2.21. The van der Waals surface area contributed by atoms with Crippen molar-refractivity contribution in [1.29, 1.82) is 0 Å². The summed E-state index contributed by atoms with van der Waals surface area (Å²) in [7, 11) is 0. The number of pyridine rings is 1. The topological polar surface area (TPSA) is 50.9 Å². The van der Waals surface area contributed by atoms with E-state index in [9.17, 15) is 0 Å². The average molecular weight is 265 g/mol. The minimum atomic E-state index is 0.422. The molecule has 0 bridgehead atoms. The van der Waals surface area contributed by atoms with Gasteiger partial charge in [0.25, 0.3) is 0 Å². The van der Waals surface area contributed by atoms with Crippen LogP contribution in [0, 0.1) is 0 Å². The summed E-state index contributed by atoms with van der Waals surface area (Å²) >= 11 is 5.06. The van der Waals surface area contributed by atoms with Crippen molar-refractivity contribution in [2.24, 2.45) is 5.73 Å². The van der Waals surface area contributed by atoms with Crippen molar-refractivity contribution < 1.29 is 0 Å². The first-order valence-corrected chi connectivity index (χ1v) is 7.10. The van der Waals surface area contributed by atoms with Crippen LogP contribution in [0.4, 0.5) is 5.69 Å². The van der Waals surface area contributed by atoms with Crippen LogP contribution in [0.2, 0.25) is 0 Å². The number of thiocarbonyl (C=S) groups is 1. The van der Waals surface area contributed by atoms with Crippen molar-refractivity contribution in [2.75, 3.05) is 5.32 Å². The van der Waals surface area contributed by atoms with Crippen molar-refractivity contribution in [1.82, 2.24) is 4.98 Å². The predicted octanol–water partition coefficient (Wildman–Crippen LogP) is 3.49. The summed E-state index contributed by atoms with van der Waals surface area (Å²) in [5.74, 6) is 0. The molecule has 18 heavy (non-hydrogen) atoms. The summed E-state index contributed by atoms with van der Waals surface area (Å²) in [4.78, 5) is 4.57. The quantitative estimate of drug-likeness (QED) is 0.706.